The molecule has 2 rings (SSSR count). The van der Waals surface area contributed by atoms with Crippen LogP contribution in [-0.2, 0) is 0 Å². The van der Waals surface area contributed by atoms with E-state index >= 15 is 0 Å². The van der Waals surface area contributed by atoms with Crippen molar-refractivity contribution in [2.75, 3.05) is 7.11 Å². The van der Waals surface area contributed by atoms with E-state index in [1.54, 1.807) is 37.6 Å². The molecular formula is C11H9NO3S. The molecule has 2 aromatic heterocycles. The highest BCUT2D eigenvalue weighted by Gasteiger charge is 2.08. The molecule has 0 saturated heterocycles. The number of pyridine rings is 1. The number of nitrogens with zero attached hydrogens (tertiary/aromatic N) is 1. The fourth-order valence-electron chi connectivity index (χ4n) is 1.24. The van der Waals surface area contributed by atoms with Gasteiger partial charge in [0.2, 0.25) is 0 Å². The Morgan fingerprint density at radius 1 is 1.38 bits per heavy atom. The van der Waals surface area contributed by atoms with Gasteiger partial charge in [0, 0.05) is 0 Å². The van der Waals surface area contributed by atoms with Crippen LogP contribution >= 0.6 is 11.3 Å². The van der Waals surface area contributed by atoms with Gasteiger partial charge >= 0.3 is 5.97 Å². The van der Waals surface area contributed by atoms with Crippen LogP contribution in [0.4, 0.5) is 0 Å². The summed E-state index contributed by atoms with van der Waals surface area (Å²) in [6.45, 7) is 0. The molecule has 0 unspecified atom stereocenters. The maximum absolute atomic E-state index is 10.7. The first-order chi connectivity index (χ1) is 7.70. The van der Waals surface area contributed by atoms with Crippen LogP contribution in [-0.4, -0.2) is 23.2 Å². The zero-order valence-electron chi connectivity index (χ0n) is 8.51. The minimum atomic E-state index is -0.912. The van der Waals surface area contributed by atoms with Gasteiger partial charge in [-0.1, -0.05) is 0 Å². The van der Waals surface area contributed by atoms with E-state index < -0.39 is 5.97 Å². The topological polar surface area (TPSA) is 59.4 Å². The number of hydrogen-bond acceptors (Lipinski definition) is 4. The Kier molecular flexibility index (Phi) is 2.87. The molecule has 1 N–H and O–H groups in total. The second-order valence-corrected chi connectivity index (χ2v) is 4.14. The molecule has 0 aromatic carbocycles. The molecule has 16 heavy (non-hydrogen) atoms. The number of methoxy groups -OCH3 is 1. The van der Waals surface area contributed by atoms with Crippen LogP contribution < -0.4 is 4.74 Å². The van der Waals surface area contributed by atoms with Gasteiger partial charge in [-0.05, 0) is 24.3 Å². The average Bonchev–Trinajstić information content (AvgIpc) is 2.78. The summed E-state index contributed by atoms with van der Waals surface area (Å²) in [5.41, 5.74) is 0.748. The average molecular weight is 235 g/mol. The minimum absolute atomic E-state index is 0.313. The summed E-state index contributed by atoms with van der Waals surface area (Å²) in [5.74, 6) is -0.233. The van der Waals surface area contributed by atoms with Crippen LogP contribution in [0.5, 0.6) is 5.75 Å². The number of aromatic carboxylic acids is 1. The molecule has 5 heteroatoms. The largest absolute Gasteiger partial charge is 0.495 e. The Bertz CT molecular complexity index is 504. The van der Waals surface area contributed by atoms with E-state index in [-0.39, 0.29) is 0 Å². The Balaban J connectivity index is 2.31. The van der Waals surface area contributed by atoms with Crippen molar-refractivity contribution < 1.29 is 14.6 Å². The van der Waals surface area contributed by atoms with E-state index in [0.717, 1.165) is 10.6 Å². The molecule has 0 aliphatic rings. The summed E-state index contributed by atoms with van der Waals surface area (Å²) in [6.07, 6.45) is 1.61. The molecular weight excluding hydrogens is 226 g/mol. The van der Waals surface area contributed by atoms with Gasteiger partial charge in [-0.25, -0.2) is 4.79 Å². The summed E-state index contributed by atoms with van der Waals surface area (Å²) in [7, 11) is 1.57. The summed E-state index contributed by atoms with van der Waals surface area (Å²) >= 11 is 1.20. The number of ether oxygens (including phenoxy) is 1. The maximum atomic E-state index is 10.7. The van der Waals surface area contributed by atoms with Crippen LogP contribution in [0.1, 0.15) is 9.67 Å². The predicted octanol–water partition coefficient (Wildman–Crippen LogP) is 2.52. The Labute approximate surface area is 96.1 Å². The number of carboxylic acid groups (broad SMARTS) is 1. The van der Waals surface area contributed by atoms with E-state index in [0.29, 0.717) is 10.6 Å². The van der Waals surface area contributed by atoms with Gasteiger partial charge in [0.05, 0.1) is 23.9 Å². The molecule has 82 valence electrons. The number of carbonyl (C=O) groups is 1. The number of carboxylic acids is 1. The zero-order chi connectivity index (χ0) is 11.5. The van der Waals surface area contributed by atoms with Crippen molar-refractivity contribution in [1.82, 2.24) is 4.98 Å². The van der Waals surface area contributed by atoms with Gasteiger partial charge in [-0.3, -0.25) is 4.98 Å². The van der Waals surface area contributed by atoms with Gasteiger partial charge in [0.1, 0.15) is 10.6 Å². The summed E-state index contributed by atoms with van der Waals surface area (Å²) in [5, 5.41) is 8.80. The lowest BCUT2D eigenvalue weighted by Gasteiger charge is -1.99. The number of thiophene rings is 1. The molecule has 0 radical (unpaired) electrons. The molecule has 2 heterocycles. The highest BCUT2D eigenvalue weighted by molar-refractivity contribution is 7.17. The first-order valence-corrected chi connectivity index (χ1v) is 5.36. The molecule has 4 nitrogen and oxygen atoms in total. The Hall–Kier alpha value is -1.88. The van der Waals surface area contributed by atoms with Gasteiger partial charge in [0.25, 0.3) is 0 Å². The fourth-order valence-corrected chi connectivity index (χ4v) is 2.06. The van der Waals surface area contributed by atoms with Crippen molar-refractivity contribution in [3.8, 4) is 16.3 Å². The first-order valence-electron chi connectivity index (χ1n) is 4.54. The lowest BCUT2D eigenvalue weighted by atomic mass is 10.3. The third kappa shape index (κ3) is 2.04. The van der Waals surface area contributed by atoms with Crippen LogP contribution in [0, 0.1) is 0 Å². The molecule has 2 aromatic rings. The summed E-state index contributed by atoms with van der Waals surface area (Å²) in [6, 6.07) is 6.93. The standard InChI is InChI=1S/C11H9NO3S/c1-15-7-2-3-8(12-6-7)9-4-5-10(16-9)11(13)14/h2-6H,1H3,(H,13,14). The van der Waals surface area contributed by atoms with E-state index in [9.17, 15) is 4.79 Å². The number of rotatable bonds is 3. The smallest absolute Gasteiger partial charge is 0.345 e. The Morgan fingerprint density at radius 3 is 2.69 bits per heavy atom. The predicted molar refractivity (Wildman–Crippen MR) is 61.1 cm³/mol. The normalized spacial score (nSPS) is 10.1. The van der Waals surface area contributed by atoms with E-state index in [1.165, 1.54) is 11.3 Å². The minimum Gasteiger partial charge on any atom is -0.495 e. The number of aromatic nitrogens is 1. The second kappa shape index (κ2) is 4.32. The highest BCUT2D eigenvalue weighted by Crippen LogP contribution is 2.27. The van der Waals surface area contributed by atoms with E-state index in [4.69, 9.17) is 9.84 Å². The van der Waals surface area contributed by atoms with Crippen LogP contribution in [0.15, 0.2) is 30.5 Å². The lowest BCUT2D eigenvalue weighted by molar-refractivity contribution is 0.0702. The molecule has 0 fully saturated rings. The van der Waals surface area contributed by atoms with Gasteiger partial charge in [0.15, 0.2) is 0 Å². The van der Waals surface area contributed by atoms with Crippen molar-refractivity contribution in [3.05, 3.63) is 35.3 Å². The molecule has 0 atom stereocenters. The number of hydrogen-bond donors (Lipinski definition) is 1. The molecule has 0 bridgehead atoms. The molecule has 0 aliphatic carbocycles. The van der Waals surface area contributed by atoms with Crippen molar-refractivity contribution in [3.63, 3.8) is 0 Å². The van der Waals surface area contributed by atoms with Gasteiger partial charge in [-0.2, -0.15) is 0 Å². The van der Waals surface area contributed by atoms with Crippen molar-refractivity contribution in [2.45, 2.75) is 0 Å². The molecule has 0 saturated carbocycles. The molecule has 0 amide bonds. The fraction of sp³-hybridized carbons (Fsp3) is 0.0909. The molecule has 0 spiro atoms. The van der Waals surface area contributed by atoms with Crippen LogP contribution in [0.3, 0.4) is 0 Å². The zero-order valence-corrected chi connectivity index (χ0v) is 9.32. The van der Waals surface area contributed by atoms with Crippen molar-refractivity contribution >= 4 is 17.3 Å². The van der Waals surface area contributed by atoms with Gasteiger partial charge < -0.3 is 9.84 Å². The highest BCUT2D eigenvalue weighted by atomic mass is 32.1. The maximum Gasteiger partial charge on any atom is 0.345 e. The van der Waals surface area contributed by atoms with E-state index in [2.05, 4.69) is 4.98 Å². The third-order valence-electron chi connectivity index (χ3n) is 2.04. The molecule has 0 aliphatic heterocycles. The summed E-state index contributed by atoms with van der Waals surface area (Å²) < 4.78 is 5.00. The van der Waals surface area contributed by atoms with Gasteiger partial charge in [-0.15, -0.1) is 11.3 Å². The van der Waals surface area contributed by atoms with Crippen molar-refractivity contribution in [1.29, 1.82) is 0 Å². The van der Waals surface area contributed by atoms with Crippen LogP contribution in [0.2, 0.25) is 0 Å². The first kappa shape index (κ1) is 10.6. The van der Waals surface area contributed by atoms with Crippen LogP contribution in [0.25, 0.3) is 10.6 Å². The summed E-state index contributed by atoms with van der Waals surface area (Å²) in [4.78, 5) is 16.0. The van der Waals surface area contributed by atoms with Crippen molar-refractivity contribution in [2.24, 2.45) is 0 Å². The quantitative estimate of drug-likeness (QED) is 0.888. The SMILES string of the molecule is COc1ccc(-c2ccc(C(=O)O)s2)nc1. The van der Waals surface area contributed by atoms with E-state index in [1.807, 2.05) is 0 Å². The second-order valence-electron chi connectivity index (χ2n) is 3.05. The monoisotopic (exact) mass is 235 g/mol. The third-order valence-corrected chi connectivity index (χ3v) is 3.14. The Morgan fingerprint density at radius 2 is 2.19 bits per heavy atom. The lowest BCUT2D eigenvalue weighted by Crippen LogP contribution is -1.89.